The maximum absolute atomic E-state index is 6.11. The second-order valence-corrected chi connectivity index (χ2v) is 4.75. The maximum Gasteiger partial charge on any atom is 0.196 e. The lowest BCUT2D eigenvalue weighted by Crippen LogP contribution is -2.40. The van der Waals surface area contributed by atoms with Crippen LogP contribution in [0.2, 0.25) is 0 Å². The Bertz CT molecular complexity index is 591. The summed E-state index contributed by atoms with van der Waals surface area (Å²) in [5.41, 5.74) is 9.78. The molecule has 2 aromatic rings. The molecule has 1 aliphatic rings. The predicted molar refractivity (Wildman–Crippen MR) is 101 cm³/mol. The van der Waals surface area contributed by atoms with Gasteiger partial charge in [0.1, 0.15) is 0 Å². The Morgan fingerprint density at radius 2 is 1.43 bits per heavy atom. The molecule has 0 unspecified atom stereocenters. The summed E-state index contributed by atoms with van der Waals surface area (Å²) in [7, 11) is 0. The zero-order valence-corrected chi connectivity index (χ0v) is 14.8. The molecule has 0 spiro atoms. The third-order valence-electron chi connectivity index (χ3n) is 3.45. The highest BCUT2D eigenvalue weighted by molar-refractivity contribution is 5.81. The first kappa shape index (κ1) is 18.8. The van der Waals surface area contributed by atoms with Crippen LogP contribution in [-0.2, 0) is 13.0 Å². The minimum atomic E-state index is 0.598. The Kier molecular flexibility index (Phi) is 8.51. The van der Waals surface area contributed by atoms with E-state index in [4.69, 9.17) is 5.73 Å². The van der Waals surface area contributed by atoms with Crippen LogP contribution in [0.4, 0.5) is 5.69 Å². The quantitative estimate of drug-likeness (QED) is 0.610. The van der Waals surface area contributed by atoms with Crippen molar-refractivity contribution < 1.29 is 0 Å². The van der Waals surface area contributed by atoms with E-state index in [1.807, 2.05) is 58.0 Å². The molecule has 124 valence electrons. The highest BCUT2D eigenvalue weighted by atomic mass is 15.3. The van der Waals surface area contributed by atoms with Crippen LogP contribution < -0.4 is 5.73 Å². The van der Waals surface area contributed by atoms with Crippen molar-refractivity contribution >= 4 is 11.6 Å². The van der Waals surface area contributed by atoms with Crippen molar-refractivity contribution in [1.82, 2.24) is 4.90 Å². The Morgan fingerprint density at radius 1 is 0.870 bits per heavy atom. The molecule has 1 aliphatic heterocycles. The molecule has 0 radical (unpaired) electrons. The van der Waals surface area contributed by atoms with Gasteiger partial charge >= 0.3 is 0 Å². The van der Waals surface area contributed by atoms with Gasteiger partial charge < -0.3 is 10.6 Å². The molecule has 0 aliphatic carbocycles. The number of aliphatic imine (C=N–C) groups is 1. The SMILES string of the molecule is CC.CC.NC(=Nc1ccccc1)N1CCc2ccccc2C1. The summed E-state index contributed by atoms with van der Waals surface area (Å²) in [4.78, 5) is 6.61. The largest absolute Gasteiger partial charge is 0.369 e. The summed E-state index contributed by atoms with van der Waals surface area (Å²) in [5.74, 6) is 0.598. The molecule has 2 N–H and O–H groups in total. The number of nitrogens with two attached hydrogens (primary N) is 1. The van der Waals surface area contributed by atoms with E-state index in [0.717, 1.165) is 25.2 Å². The van der Waals surface area contributed by atoms with Gasteiger partial charge in [0.05, 0.1) is 5.69 Å². The van der Waals surface area contributed by atoms with Crippen LogP contribution in [0.1, 0.15) is 38.8 Å². The fourth-order valence-electron chi connectivity index (χ4n) is 2.40. The minimum absolute atomic E-state index is 0.598. The zero-order chi connectivity index (χ0) is 17.1. The number of hydrogen-bond donors (Lipinski definition) is 1. The molecule has 0 fully saturated rings. The first-order valence-electron chi connectivity index (χ1n) is 8.54. The van der Waals surface area contributed by atoms with E-state index in [1.54, 1.807) is 0 Å². The fourth-order valence-corrected chi connectivity index (χ4v) is 2.40. The number of benzene rings is 2. The molecule has 3 heteroatoms. The van der Waals surface area contributed by atoms with Crippen molar-refractivity contribution in [3.05, 3.63) is 65.7 Å². The van der Waals surface area contributed by atoms with Crippen LogP contribution in [0.25, 0.3) is 0 Å². The predicted octanol–water partition coefficient (Wildman–Crippen LogP) is 4.74. The van der Waals surface area contributed by atoms with E-state index in [2.05, 4.69) is 34.2 Å². The number of rotatable bonds is 1. The summed E-state index contributed by atoms with van der Waals surface area (Å²) in [6.07, 6.45) is 1.03. The third-order valence-corrected chi connectivity index (χ3v) is 3.45. The lowest BCUT2D eigenvalue weighted by atomic mass is 10.0. The Balaban J connectivity index is 0.000000615. The molecule has 0 bridgehead atoms. The number of fused-ring (bicyclic) bond motifs is 1. The monoisotopic (exact) mass is 311 g/mol. The second kappa shape index (κ2) is 10.4. The molecule has 0 saturated carbocycles. The number of nitrogens with zero attached hydrogens (tertiary/aromatic N) is 2. The maximum atomic E-state index is 6.11. The van der Waals surface area contributed by atoms with Gasteiger partial charge in [0.2, 0.25) is 0 Å². The summed E-state index contributed by atoms with van der Waals surface area (Å²) < 4.78 is 0. The Morgan fingerprint density at radius 3 is 2.09 bits per heavy atom. The average Bonchev–Trinajstić information content (AvgIpc) is 2.65. The van der Waals surface area contributed by atoms with Crippen LogP contribution in [0, 0.1) is 0 Å². The van der Waals surface area contributed by atoms with Gasteiger partial charge in [0.25, 0.3) is 0 Å². The van der Waals surface area contributed by atoms with Crippen molar-refractivity contribution in [3.63, 3.8) is 0 Å². The Hall–Kier alpha value is -2.29. The average molecular weight is 311 g/mol. The molecule has 0 atom stereocenters. The van der Waals surface area contributed by atoms with Gasteiger partial charge in [-0.05, 0) is 29.7 Å². The lowest BCUT2D eigenvalue weighted by molar-refractivity contribution is 0.390. The van der Waals surface area contributed by atoms with Crippen molar-refractivity contribution in [2.75, 3.05) is 6.54 Å². The Labute approximate surface area is 140 Å². The summed E-state index contributed by atoms with van der Waals surface area (Å²) in [6, 6.07) is 18.4. The van der Waals surface area contributed by atoms with Crippen LogP contribution >= 0.6 is 0 Å². The lowest BCUT2D eigenvalue weighted by Gasteiger charge is -2.29. The normalized spacial score (nSPS) is 13.0. The van der Waals surface area contributed by atoms with E-state index < -0.39 is 0 Å². The summed E-state index contributed by atoms with van der Waals surface area (Å²) >= 11 is 0. The molecular weight excluding hydrogens is 282 g/mol. The molecule has 1 heterocycles. The molecule has 23 heavy (non-hydrogen) atoms. The third kappa shape index (κ3) is 5.44. The van der Waals surface area contributed by atoms with Gasteiger partial charge in [-0.15, -0.1) is 0 Å². The molecule has 0 amide bonds. The van der Waals surface area contributed by atoms with Gasteiger partial charge in [0.15, 0.2) is 5.96 Å². The summed E-state index contributed by atoms with van der Waals surface area (Å²) in [6.45, 7) is 9.78. The molecule has 3 rings (SSSR count). The van der Waals surface area contributed by atoms with Crippen molar-refractivity contribution in [2.45, 2.75) is 40.7 Å². The standard InChI is InChI=1S/C16H17N3.2C2H6/c17-16(18-15-8-2-1-3-9-15)19-11-10-13-6-4-5-7-14(13)12-19;2*1-2/h1-9H,10-12H2,(H2,17,18);2*1-2H3. The van der Waals surface area contributed by atoms with E-state index in [9.17, 15) is 0 Å². The van der Waals surface area contributed by atoms with E-state index in [-0.39, 0.29) is 0 Å². The van der Waals surface area contributed by atoms with Crippen LogP contribution in [0.15, 0.2) is 59.6 Å². The highest BCUT2D eigenvalue weighted by Gasteiger charge is 2.16. The van der Waals surface area contributed by atoms with E-state index >= 15 is 0 Å². The topological polar surface area (TPSA) is 41.6 Å². The van der Waals surface area contributed by atoms with Gasteiger partial charge in [-0.1, -0.05) is 70.2 Å². The number of para-hydroxylation sites is 1. The summed E-state index contributed by atoms with van der Waals surface area (Å²) in [5, 5.41) is 0. The first-order valence-corrected chi connectivity index (χ1v) is 8.54. The van der Waals surface area contributed by atoms with Crippen molar-refractivity contribution in [3.8, 4) is 0 Å². The highest BCUT2D eigenvalue weighted by Crippen LogP contribution is 2.19. The zero-order valence-electron chi connectivity index (χ0n) is 14.8. The molecular formula is C20H29N3. The first-order chi connectivity index (χ1) is 11.3. The van der Waals surface area contributed by atoms with Gasteiger partial charge in [-0.3, -0.25) is 0 Å². The molecule has 3 nitrogen and oxygen atoms in total. The van der Waals surface area contributed by atoms with Crippen molar-refractivity contribution in [1.29, 1.82) is 0 Å². The van der Waals surface area contributed by atoms with Crippen LogP contribution in [0.3, 0.4) is 0 Å². The minimum Gasteiger partial charge on any atom is -0.369 e. The van der Waals surface area contributed by atoms with Gasteiger partial charge in [-0.2, -0.15) is 0 Å². The van der Waals surface area contributed by atoms with Gasteiger partial charge in [0, 0.05) is 13.1 Å². The number of guanidine groups is 1. The second-order valence-electron chi connectivity index (χ2n) is 4.75. The van der Waals surface area contributed by atoms with Crippen LogP contribution in [0.5, 0.6) is 0 Å². The molecule has 0 saturated heterocycles. The smallest absolute Gasteiger partial charge is 0.196 e. The molecule has 0 aromatic heterocycles. The van der Waals surface area contributed by atoms with Crippen molar-refractivity contribution in [2.24, 2.45) is 10.7 Å². The number of hydrogen-bond acceptors (Lipinski definition) is 1. The van der Waals surface area contributed by atoms with Crippen LogP contribution in [-0.4, -0.2) is 17.4 Å². The fraction of sp³-hybridized carbons (Fsp3) is 0.350. The molecule has 2 aromatic carbocycles. The van der Waals surface area contributed by atoms with E-state index in [1.165, 1.54) is 11.1 Å². The van der Waals surface area contributed by atoms with E-state index in [0.29, 0.717) is 5.96 Å². The van der Waals surface area contributed by atoms with Gasteiger partial charge in [-0.25, -0.2) is 4.99 Å².